The first kappa shape index (κ1) is 34.0. The molecule has 2 amide bonds. The summed E-state index contributed by atoms with van der Waals surface area (Å²) < 4.78 is 56.4. The summed E-state index contributed by atoms with van der Waals surface area (Å²) in [4.78, 5) is 49.0. The van der Waals surface area contributed by atoms with Crippen LogP contribution < -0.4 is 26.0 Å². The third-order valence-electron chi connectivity index (χ3n) is 7.10. The topological polar surface area (TPSA) is 147 Å². The lowest BCUT2D eigenvalue weighted by Crippen LogP contribution is -2.27. The molecule has 0 unspecified atom stereocenters. The summed E-state index contributed by atoms with van der Waals surface area (Å²) in [6.07, 6.45) is -3.06. The van der Waals surface area contributed by atoms with Crippen LogP contribution in [0.15, 0.2) is 72.8 Å². The number of carbonyl (C=O) groups is 3. The Morgan fingerprint density at radius 3 is 2.15 bits per heavy atom. The minimum absolute atomic E-state index is 0.000425. The number of rotatable bonds is 14. The minimum atomic E-state index is -4.61. The Morgan fingerprint density at radius 1 is 0.854 bits per heavy atom. The van der Waals surface area contributed by atoms with E-state index in [9.17, 15) is 31.9 Å². The number of ketones is 1. The van der Waals surface area contributed by atoms with Crippen molar-refractivity contribution in [3.63, 3.8) is 0 Å². The van der Waals surface area contributed by atoms with E-state index in [0.29, 0.717) is 10.7 Å². The quantitative estimate of drug-likeness (QED) is 0.0695. The zero-order valence-corrected chi connectivity index (χ0v) is 25.8. The van der Waals surface area contributed by atoms with Crippen molar-refractivity contribution in [2.45, 2.75) is 37.4 Å². The maximum absolute atomic E-state index is 13.0. The van der Waals surface area contributed by atoms with Gasteiger partial charge in [0.25, 0.3) is 11.8 Å². The fourth-order valence-corrected chi connectivity index (χ4v) is 4.63. The Hall–Kier alpha value is -5.31. The highest BCUT2D eigenvalue weighted by atomic mass is 35.5. The molecule has 0 aliphatic heterocycles. The highest BCUT2D eigenvalue weighted by molar-refractivity contribution is 6.40. The predicted octanol–water partition coefficient (Wildman–Crippen LogP) is 6.17. The molecule has 11 nitrogen and oxygen atoms in total. The van der Waals surface area contributed by atoms with Crippen molar-refractivity contribution in [1.29, 1.82) is 0 Å². The number of hydrogen-bond acceptors (Lipinski definition) is 9. The molecule has 48 heavy (non-hydrogen) atoms. The summed E-state index contributed by atoms with van der Waals surface area (Å²) >= 11 is 6.01. The van der Waals surface area contributed by atoms with Crippen LogP contribution in [0.25, 0.3) is 0 Å². The van der Waals surface area contributed by atoms with Crippen LogP contribution in [0.4, 0.5) is 40.8 Å². The number of nitrogens with zero attached hydrogens (tertiary/aromatic N) is 3. The Morgan fingerprint density at radius 2 is 1.50 bits per heavy atom. The van der Waals surface area contributed by atoms with E-state index in [0.717, 1.165) is 30.5 Å². The number of benzene rings is 3. The molecule has 1 aromatic heterocycles. The SMILES string of the molecule is O=C(CCCNC(=O)c1ccc(Nc2nc(NC3(c4ccc(Cl)cc4)CC3)nc(OCC(F)(F)F)n2)cc1)C(=O)Nc1ccc(F)cc1. The van der Waals surface area contributed by atoms with Gasteiger partial charge in [0.05, 0.1) is 5.54 Å². The Bertz CT molecular complexity index is 1770. The number of nitrogens with one attached hydrogen (secondary N) is 4. The zero-order chi connectivity index (χ0) is 34.3. The molecule has 0 saturated heterocycles. The fourth-order valence-electron chi connectivity index (χ4n) is 4.51. The summed E-state index contributed by atoms with van der Waals surface area (Å²) in [7, 11) is 0. The van der Waals surface area contributed by atoms with Crippen molar-refractivity contribution in [3.05, 3.63) is 94.8 Å². The number of anilines is 4. The maximum Gasteiger partial charge on any atom is 0.422 e. The molecular formula is C32H28ClF4N7O4. The lowest BCUT2D eigenvalue weighted by Gasteiger charge is -2.19. The average molecular weight is 686 g/mol. The van der Waals surface area contributed by atoms with E-state index >= 15 is 0 Å². The van der Waals surface area contributed by atoms with Crippen LogP contribution in [-0.2, 0) is 15.1 Å². The number of carbonyl (C=O) groups excluding carboxylic acids is 3. The Labute approximate surface area is 276 Å². The zero-order valence-electron chi connectivity index (χ0n) is 25.0. The molecule has 4 N–H and O–H groups in total. The number of amides is 2. The summed E-state index contributed by atoms with van der Waals surface area (Å²) in [6.45, 7) is -1.48. The van der Waals surface area contributed by atoms with E-state index in [1.54, 1.807) is 24.3 Å². The van der Waals surface area contributed by atoms with Gasteiger partial charge < -0.3 is 26.0 Å². The minimum Gasteiger partial charge on any atom is -0.454 e. The van der Waals surface area contributed by atoms with Crippen molar-refractivity contribution in [2.24, 2.45) is 0 Å². The molecule has 1 aliphatic rings. The van der Waals surface area contributed by atoms with E-state index in [1.165, 1.54) is 24.3 Å². The normalized spacial score (nSPS) is 13.3. The molecular weight excluding hydrogens is 658 g/mol. The van der Waals surface area contributed by atoms with Gasteiger partial charge in [0, 0.05) is 34.9 Å². The monoisotopic (exact) mass is 685 g/mol. The van der Waals surface area contributed by atoms with Gasteiger partial charge in [-0.25, -0.2) is 4.39 Å². The second-order valence-electron chi connectivity index (χ2n) is 10.8. The molecule has 5 rings (SSSR count). The van der Waals surface area contributed by atoms with Crippen LogP contribution in [0.1, 0.15) is 41.6 Å². The highest BCUT2D eigenvalue weighted by Crippen LogP contribution is 2.48. The Balaban J connectivity index is 1.16. The molecule has 4 aromatic rings. The van der Waals surface area contributed by atoms with Gasteiger partial charge in [-0.2, -0.15) is 28.1 Å². The molecule has 0 spiro atoms. The second kappa shape index (κ2) is 14.6. The van der Waals surface area contributed by atoms with Gasteiger partial charge in [0.2, 0.25) is 17.7 Å². The van der Waals surface area contributed by atoms with Crippen LogP contribution in [0.5, 0.6) is 6.01 Å². The molecule has 16 heteroatoms. The third kappa shape index (κ3) is 9.61. The van der Waals surface area contributed by atoms with Crippen LogP contribution >= 0.6 is 11.6 Å². The molecule has 1 saturated carbocycles. The van der Waals surface area contributed by atoms with Gasteiger partial charge in [0.15, 0.2) is 6.61 Å². The van der Waals surface area contributed by atoms with Crippen LogP contribution in [-0.4, -0.2) is 51.9 Å². The van der Waals surface area contributed by atoms with Gasteiger partial charge in [-0.15, -0.1) is 0 Å². The standard InChI is InChI=1S/C32H28ClF4N7O4/c33-21-7-5-20(6-8-21)31(15-16-31)44-29-41-28(42-30(43-29)48-18-32(35,36)37)40-24-11-3-19(4-12-24)26(46)38-17-1-2-25(45)27(47)39-23-13-9-22(34)10-14-23/h3-14H,1-2,15-18H2,(H,38,46)(H,39,47)(H2,40,41,42,43,44). The Kier molecular flexibility index (Phi) is 10.4. The van der Waals surface area contributed by atoms with Crippen LogP contribution in [0.3, 0.4) is 0 Å². The summed E-state index contributed by atoms with van der Waals surface area (Å²) in [5.41, 5.74) is 1.37. The molecule has 0 radical (unpaired) electrons. The third-order valence-corrected chi connectivity index (χ3v) is 7.35. The van der Waals surface area contributed by atoms with Gasteiger partial charge in [0.1, 0.15) is 5.82 Å². The first-order valence-corrected chi connectivity index (χ1v) is 15.0. The van der Waals surface area contributed by atoms with Crippen molar-refractivity contribution >= 4 is 52.5 Å². The number of Topliss-reactive ketones (excluding diaryl/α,β-unsaturated/α-hetero) is 1. The molecule has 0 atom stereocenters. The van der Waals surface area contributed by atoms with Crippen molar-refractivity contribution < 1.29 is 36.7 Å². The van der Waals surface area contributed by atoms with Crippen molar-refractivity contribution in [2.75, 3.05) is 29.1 Å². The lowest BCUT2D eigenvalue weighted by atomic mass is 10.1. The molecule has 0 bridgehead atoms. The van der Waals surface area contributed by atoms with Crippen LogP contribution in [0, 0.1) is 5.82 Å². The fraction of sp³-hybridized carbons (Fsp3) is 0.250. The number of hydrogen-bond donors (Lipinski definition) is 4. The van der Waals surface area contributed by atoms with E-state index in [-0.39, 0.29) is 42.5 Å². The summed E-state index contributed by atoms with van der Waals surface area (Å²) in [6, 6.07) is 17.7. The molecule has 1 fully saturated rings. The molecule has 1 aliphatic carbocycles. The average Bonchev–Trinajstić information content (AvgIpc) is 3.83. The largest absolute Gasteiger partial charge is 0.454 e. The van der Waals surface area contributed by atoms with E-state index in [4.69, 9.17) is 16.3 Å². The van der Waals surface area contributed by atoms with Gasteiger partial charge in [-0.1, -0.05) is 23.7 Å². The highest BCUT2D eigenvalue weighted by Gasteiger charge is 2.45. The molecule has 250 valence electrons. The van der Waals surface area contributed by atoms with Crippen molar-refractivity contribution in [3.8, 4) is 6.01 Å². The van der Waals surface area contributed by atoms with Crippen molar-refractivity contribution in [1.82, 2.24) is 20.3 Å². The summed E-state index contributed by atoms with van der Waals surface area (Å²) in [5, 5.41) is 11.7. The first-order chi connectivity index (χ1) is 22.9. The van der Waals surface area contributed by atoms with E-state index in [1.807, 2.05) is 12.1 Å². The second-order valence-corrected chi connectivity index (χ2v) is 11.3. The van der Waals surface area contributed by atoms with Crippen LogP contribution in [0.2, 0.25) is 5.02 Å². The smallest absolute Gasteiger partial charge is 0.422 e. The number of halogens is 5. The first-order valence-electron chi connectivity index (χ1n) is 14.6. The molecule has 3 aromatic carbocycles. The van der Waals surface area contributed by atoms with Gasteiger partial charge >= 0.3 is 12.2 Å². The number of alkyl halides is 3. The van der Waals surface area contributed by atoms with Gasteiger partial charge in [-0.05, 0) is 85.5 Å². The maximum atomic E-state index is 13.0. The number of aromatic nitrogens is 3. The molecule has 1 heterocycles. The lowest BCUT2D eigenvalue weighted by molar-refractivity contribution is -0.154. The van der Waals surface area contributed by atoms with E-state index < -0.39 is 47.7 Å². The van der Waals surface area contributed by atoms with E-state index in [2.05, 4.69) is 36.2 Å². The van der Waals surface area contributed by atoms with Gasteiger partial charge in [-0.3, -0.25) is 14.4 Å². The predicted molar refractivity (Wildman–Crippen MR) is 169 cm³/mol. The summed E-state index contributed by atoms with van der Waals surface area (Å²) in [5.74, 6) is -2.54. The number of ether oxygens (including phenoxy) is 1.